The molecule has 1 saturated carbocycles. The fourth-order valence-electron chi connectivity index (χ4n) is 3.47. The Morgan fingerprint density at radius 3 is 2.73 bits per heavy atom. The maximum absolute atomic E-state index is 13.6. The Labute approximate surface area is 154 Å². The third-order valence-corrected chi connectivity index (χ3v) is 5.42. The molecule has 8 heteroatoms. The van der Waals surface area contributed by atoms with Gasteiger partial charge in [-0.25, -0.2) is 9.37 Å². The number of hydrogen-bond acceptors (Lipinski definition) is 4. The maximum Gasteiger partial charge on any atom is 0.282 e. The standard InChI is InChI=1S/C18H19ClFN5O/c1-3-18(21,10-4-7-13(20)12(19)8-10)16-14-15(23-24(16)2)17(26)25(9-22-14)11-5-6-11/h4,7-9,11H,3,5-6,21H2,1-2H3. The summed E-state index contributed by atoms with van der Waals surface area (Å²) >= 11 is 5.96. The molecule has 1 aliphatic carbocycles. The first kappa shape index (κ1) is 17.2. The summed E-state index contributed by atoms with van der Waals surface area (Å²) in [6.45, 7) is 1.92. The van der Waals surface area contributed by atoms with E-state index in [1.807, 2.05) is 6.92 Å². The van der Waals surface area contributed by atoms with Crippen molar-refractivity contribution >= 4 is 22.6 Å². The summed E-state index contributed by atoms with van der Waals surface area (Å²) in [6, 6.07) is 4.63. The van der Waals surface area contributed by atoms with Crippen molar-refractivity contribution in [1.29, 1.82) is 0 Å². The van der Waals surface area contributed by atoms with E-state index < -0.39 is 11.4 Å². The van der Waals surface area contributed by atoms with E-state index in [1.165, 1.54) is 12.1 Å². The van der Waals surface area contributed by atoms with Crippen LogP contribution in [0.1, 0.15) is 43.5 Å². The fraction of sp³-hybridized carbons (Fsp3) is 0.389. The van der Waals surface area contributed by atoms with Crippen LogP contribution in [-0.4, -0.2) is 19.3 Å². The Hall–Kier alpha value is -2.25. The number of fused-ring (bicyclic) bond motifs is 1. The summed E-state index contributed by atoms with van der Waals surface area (Å²) in [7, 11) is 1.74. The number of nitrogens with zero attached hydrogens (tertiary/aromatic N) is 4. The van der Waals surface area contributed by atoms with Crippen molar-refractivity contribution in [2.75, 3.05) is 0 Å². The summed E-state index contributed by atoms with van der Waals surface area (Å²) in [5.41, 5.74) is 7.60. The Morgan fingerprint density at radius 2 is 2.12 bits per heavy atom. The van der Waals surface area contributed by atoms with Crippen LogP contribution in [0.25, 0.3) is 11.0 Å². The number of hydrogen-bond donors (Lipinski definition) is 1. The number of nitrogens with two attached hydrogens (primary N) is 1. The van der Waals surface area contributed by atoms with Gasteiger partial charge in [0.1, 0.15) is 11.3 Å². The molecule has 1 unspecified atom stereocenters. The minimum Gasteiger partial charge on any atom is -0.316 e. The summed E-state index contributed by atoms with van der Waals surface area (Å²) < 4.78 is 16.8. The van der Waals surface area contributed by atoms with Gasteiger partial charge in [-0.3, -0.25) is 14.0 Å². The van der Waals surface area contributed by atoms with Crippen LogP contribution in [-0.2, 0) is 12.6 Å². The van der Waals surface area contributed by atoms with E-state index in [2.05, 4.69) is 10.1 Å². The van der Waals surface area contributed by atoms with Crippen molar-refractivity contribution in [2.45, 2.75) is 37.8 Å². The molecule has 0 radical (unpaired) electrons. The van der Waals surface area contributed by atoms with Crippen LogP contribution in [0, 0.1) is 5.82 Å². The number of aryl methyl sites for hydroxylation is 1. The molecular weight excluding hydrogens is 357 g/mol. The first-order chi connectivity index (χ1) is 12.4. The maximum atomic E-state index is 13.6. The lowest BCUT2D eigenvalue weighted by atomic mass is 9.84. The van der Waals surface area contributed by atoms with Crippen LogP contribution in [0.3, 0.4) is 0 Å². The molecule has 1 atom stereocenters. The number of aromatic nitrogens is 4. The molecule has 0 bridgehead atoms. The van der Waals surface area contributed by atoms with E-state index in [4.69, 9.17) is 17.3 Å². The van der Waals surface area contributed by atoms with Gasteiger partial charge in [-0.15, -0.1) is 0 Å². The van der Waals surface area contributed by atoms with Crippen molar-refractivity contribution in [1.82, 2.24) is 19.3 Å². The van der Waals surface area contributed by atoms with Gasteiger partial charge in [-0.1, -0.05) is 24.6 Å². The summed E-state index contributed by atoms with van der Waals surface area (Å²) in [5.74, 6) is -0.505. The lowest BCUT2D eigenvalue weighted by Gasteiger charge is -2.29. The highest BCUT2D eigenvalue weighted by Crippen LogP contribution is 2.36. The zero-order chi connectivity index (χ0) is 18.6. The molecule has 2 N–H and O–H groups in total. The summed E-state index contributed by atoms with van der Waals surface area (Å²) in [6.07, 6.45) is 4.03. The Bertz CT molecular complexity index is 1070. The van der Waals surface area contributed by atoms with E-state index in [0.29, 0.717) is 28.7 Å². The molecule has 3 aromatic rings. The summed E-state index contributed by atoms with van der Waals surface area (Å²) in [4.78, 5) is 17.3. The van der Waals surface area contributed by atoms with Crippen molar-refractivity contribution in [3.05, 3.63) is 57.0 Å². The Morgan fingerprint density at radius 1 is 1.38 bits per heavy atom. The number of benzene rings is 1. The molecule has 0 saturated heterocycles. The largest absolute Gasteiger partial charge is 0.316 e. The Kier molecular flexibility index (Phi) is 3.89. The summed E-state index contributed by atoms with van der Waals surface area (Å²) in [5, 5.41) is 4.40. The van der Waals surface area contributed by atoms with Crippen LogP contribution in [0.5, 0.6) is 0 Å². The lowest BCUT2D eigenvalue weighted by Crippen LogP contribution is -2.39. The first-order valence-electron chi connectivity index (χ1n) is 8.55. The van der Waals surface area contributed by atoms with Crippen LogP contribution in [0.15, 0.2) is 29.3 Å². The van der Waals surface area contributed by atoms with Crippen molar-refractivity contribution in [2.24, 2.45) is 12.8 Å². The predicted octanol–water partition coefficient (Wildman–Crippen LogP) is 2.87. The van der Waals surface area contributed by atoms with Gasteiger partial charge >= 0.3 is 0 Å². The van der Waals surface area contributed by atoms with Gasteiger partial charge in [0.05, 0.1) is 22.6 Å². The van der Waals surface area contributed by atoms with Crippen molar-refractivity contribution in [3.63, 3.8) is 0 Å². The minimum atomic E-state index is -1.01. The highest BCUT2D eigenvalue weighted by Gasteiger charge is 2.36. The second-order valence-electron chi connectivity index (χ2n) is 6.81. The molecule has 6 nitrogen and oxygen atoms in total. The second kappa shape index (κ2) is 5.89. The van der Waals surface area contributed by atoms with E-state index >= 15 is 0 Å². The SMILES string of the molecule is CCC(N)(c1ccc(F)c(Cl)c1)c1c2ncn(C3CC3)c(=O)c2nn1C. The third-order valence-electron chi connectivity index (χ3n) is 5.13. The van der Waals surface area contributed by atoms with Gasteiger partial charge in [-0.05, 0) is 37.0 Å². The zero-order valence-electron chi connectivity index (χ0n) is 14.5. The van der Waals surface area contributed by atoms with Crippen molar-refractivity contribution < 1.29 is 4.39 Å². The highest BCUT2D eigenvalue weighted by molar-refractivity contribution is 6.30. The molecule has 1 aliphatic rings. The molecule has 0 spiro atoms. The van der Waals surface area contributed by atoms with Crippen LogP contribution >= 0.6 is 11.6 Å². The topological polar surface area (TPSA) is 78.7 Å². The Balaban J connectivity index is 1.96. The van der Waals surface area contributed by atoms with E-state index in [0.717, 1.165) is 12.8 Å². The number of rotatable bonds is 4. The molecule has 26 heavy (non-hydrogen) atoms. The first-order valence-corrected chi connectivity index (χ1v) is 8.93. The van der Waals surface area contributed by atoms with Gasteiger partial charge in [0, 0.05) is 13.1 Å². The van der Waals surface area contributed by atoms with Gasteiger partial charge in [0.25, 0.3) is 5.56 Å². The lowest BCUT2D eigenvalue weighted by molar-refractivity contribution is 0.474. The average molecular weight is 376 g/mol. The highest BCUT2D eigenvalue weighted by atomic mass is 35.5. The molecule has 1 fully saturated rings. The molecule has 4 rings (SSSR count). The fourth-order valence-corrected chi connectivity index (χ4v) is 3.65. The van der Waals surface area contributed by atoms with Crippen LogP contribution < -0.4 is 11.3 Å². The molecule has 1 aromatic carbocycles. The molecule has 0 amide bonds. The molecule has 0 aliphatic heterocycles. The predicted molar refractivity (Wildman–Crippen MR) is 97.7 cm³/mol. The van der Waals surface area contributed by atoms with E-state index in [9.17, 15) is 9.18 Å². The molecular formula is C18H19ClFN5O. The molecule has 2 aromatic heterocycles. The average Bonchev–Trinajstić information content (AvgIpc) is 3.39. The van der Waals surface area contributed by atoms with Crippen molar-refractivity contribution in [3.8, 4) is 0 Å². The monoisotopic (exact) mass is 375 g/mol. The quantitative estimate of drug-likeness (QED) is 0.760. The van der Waals surface area contributed by atoms with Crippen LogP contribution in [0.2, 0.25) is 5.02 Å². The normalized spacial score (nSPS) is 16.8. The molecule has 136 valence electrons. The van der Waals surface area contributed by atoms with Gasteiger partial charge in [0.2, 0.25) is 0 Å². The van der Waals surface area contributed by atoms with E-state index in [-0.39, 0.29) is 16.6 Å². The molecule has 2 heterocycles. The smallest absolute Gasteiger partial charge is 0.282 e. The third kappa shape index (κ3) is 2.46. The van der Waals surface area contributed by atoms with Gasteiger partial charge in [-0.2, -0.15) is 5.10 Å². The van der Waals surface area contributed by atoms with Gasteiger partial charge in [0.15, 0.2) is 5.52 Å². The van der Waals surface area contributed by atoms with Crippen LogP contribution in [0.4, 0.5) is 4.39 Å². The van der Waals surface area contributed by atoms with E-state index in [1.54, 1.807) is 28.7 Å². The second-order valence-corrected chi connectivity index (χ2v) is 7.22. The zero-order valence-corrected chi connectivity index (χ0v) is 15.3. The van der Waals surface area contributed by atoms with Gasteiger partial charge < -0.3 is 5.73 Å². The minimum absolute atomic E-state index is 0.00120. The number of halogens is 2.